The Morgan fingerprint density at radius 3 is 1.95 bits per heavy atom. The van der Waals surface area contributed by atoms with Crippen LogP contribution >= 0.6 is 11.6 Å². The summed E-state index contributed by atoms with van der Waals surface area (Å²) in [5.74, 6) is -0.423. The maximum atomic E-state index is 13.5. The van der Waals surface area contributed by atoms with Crippen LogP contribution in [-0.4, -0.2) is 11.7 Å². The second kappa shape index (κ2) is 6.16. The van der Waals surface area contributed by atoms with E-state index in [2.05, 4.69) is 10.2 Å². The lowest BCUT2D eigenvalue weighted by Gasteiger charge is -2.02. The van der Waals surface area contributed by atoms with Crippen LogP contribution in [0.3, 0.4) is 0 Å². The molecule has 0 saturated heterocycles. The van der Waals surface area contributed by atoms with Crippen molar-refractivity contribution in [3.8, 4) is 0 Å². The highest BCUT2D eigenvalue weighted by molar-refractivity contribution is 6.34. The van der Waals surface area contributed by atoms with Crippen molar-refractivity contribution in [1.82, 2.24) is 0 Å². The topological polar surface area (TPSA) is 76.8 Å². The lowest BCUT2D eigenvalue weighted by molar-refractivity contribution is 0.625. The van der Waals surface area contributed by atoms with Crippen molar-refractivity contribution < 1.29 is 4.39 Å². The molecule has 2 aromatic rings. The predicted molar refractivity (Wildman–Crippen MR) is 79.3 cm³/mol. The molecule has 0 bridgehead atoms. The SMILES string of the molecule is N/C(=N\N=C(/N)c1ccccc1Cl)c1ccccc1F. The maximum Gasteiger partial charge on any atom is 0.156 e. The molecule has 4 nitrogen and oxygen atoms in total. The van der Waals surface area contributed by atoms with Gasteiger partial charge in [0, 0.05) is 5.56 Å². The molecule has 0 aliphatic carbocycles. The highest BCUT2D eigenvalue weighted by atomic mass is 35.5. The number of hydrogen-bond acceptors (Lipinski definition) is 2. The minimum Gasteiger partial charge on any atom is -0.382 e. The summed E-state index contributed by atoms with van der Waals surface area (Å²) in [6.45, 7) is 0. The molecule has 4 N–H and O–H groups in total. The van der Waals surface area contributed by atoms with Gasteiger partial charge in [-0.15, -0.1) is 10.2 Å². The Labute approximate surface area is 120 Å². The molecular formula is C14H12ClFN4. The van der Waals surface area contributed by atoms with Crippen LogP contribution in [-0.2, 0) is 0 Å². The summed E-state index contributed by atoms with van der Waals surface area (Å²) in [6.07, 6.45) is 0. The summed E-state index contributed by atoms with van der Waals surface area (Å²) in [4.78, 5) is 0. The average molecular weight is 291 g/mol. The number of nitrogens with zero attached hydrogens (tertiary/aromatic N) is 2. The van der Waals surface area contributed by atoms with Gasteiger partial charge in [0.1, 0.15) is 5.82 Å². The van der Waals surface area contributed by atoms with E-state index in [1.165, 1.54) is 12.1 Å². The molecule has 0 aliphatic heterocycles. The summed E-state index contributed by atoms with van der Waals surface area (Å²) in [5.41, 5.74) is 12.2. The van der Waals surface area contributed by atoms with E-state index in [0.29, 0.717) is 10.6 Å². The number of amidine groups is 2. The minimum absolute atomic E-state index is 0.0573. The zero-order chi connectivity index (χ0) is 14.5. The van der Waals surface area contributed by atoms with Gasteiger partial charge < -0.3 is 11.5 Å². The Kier molecular flexibility index (Phi) is 4.32. The normalized spacial score (nSPS) is 12.5. The van der Waals surface area contributed by atoms with E-state index in [0.717, 1.165) is 0 Å². The second-order valence-corrected chi connectivity index (χ2v) is 4.34. The van der Waals surface area contributed by atoms with Crippen molar-refractivity contribution in [3.05, 3.63) is 70.5 Å². The van der Waals surface area contributed by atoms with E-state index in [1.54, 1.807) is 36.4 Å². The Morgan fingerprint density at radius 2 is 1.35 bits per heavy atom. The number of rotatable bonds is 3. The van der Waals surface area contributed by atoms with Crippen LogP contribution in [0.5, 0.6) is 0 Å². The quantitative estimate of drug-likeness (QED) is 0.518. The number of benzene rings is 2. The van der Waals surface area contributed by atoms with E-state index < -0.39 is 5.82 Å². The van der Waals surface area contributed by atoms with Gasteiger partial charge >= 0.3 is 0 Å². The molecule has 0 atom stereocenters. The van der Waals surface area contributed by atoms with E-state index >= 15 is 0 Å². The van der Waals surface area contributed by atoms with Crippen molar-refractivity contribution in [2.45, 2.75) is 0 Å². The Balaban J connectivity index is 2.30. The van der Waals surface area contributed by atoms with Gasteiger partial charge in [0.05, 0.1) is 10.6 Å². The van der Waals surface area contributed by atoms with Gasteiger partial charge in [-0.3, -0.25) is 0 Å². The molecule has 20 heavy (non-hydrogen) atoms. The lowest BCUT2D eigenvalue weighted by Crippen LogP contribution is -2.17. The van der Waals surface area contributed by atoms with Crippen molar-refractivity contribution >= 4 is 23.3 Å². The largest absolute Gasteiger partial charge is 0.382 e. The van der Waals surface area contributed by atoms with E-state index in [1.807, 2.05) is 0 Å². The van der Waals surface area contributed by atoms with Crippen LogP contribution in [0.25, 0.3) is 0 Å². The summed E-state index contributed by atoms with van der Waals surface area (Å²) in [6, 6.07) is 13.0. The molecule has 2 rings (SSSR count). The molecule has 0 heterocycles. The zero-order valence-corrected chi connectivity index (χ0v) is 11.2. The highest BCUT2D eigenvalue weighted by Gasteiger charge is 2.06. The highest BCUT2D eigenvalue weighted by Crippen LogP contribution is 2.14. The third-order valence-electron chi connectivity index (χ3n) is 2.57. The van der Waals surface area contributed by atoms with E-state index in [4.69, 9.17) is 23.1 Å². The van der Waals surface area contributed by atoms with Gasteiger partial charge in [-0.1, -0.05) is 35.9 Å². The molecule has 0 unspecified atom stereocenters. The summed E-state index contributed by atoms with van der Waals surface area (Å²) < 4.78 is 13.5. The monoisotopic (exact) mass is 290 g/mol. The van der Waals surface area contributed by atoms with Gasteiger partial charge in [0.2, 0.25) is 0 Å². The first-order chi connectivity index (χ1) is 9.59. The molecule has 0 amide bonds. The second-order valence-electron chi connectivity index (χ2n) is 3.93. The van der Waals surface area contributed by atoms with Crippen LogP contribution in [0.1, 0.15) is 11.1 Å². The molecule has 0 fully saturated rings. The number of nitrogens with two attached hydrogens (primary N) is 2. The lowest BCUT2D eigenvalue weighted by atomic mass is 10.2. The zero-order valence-electron chi connectivity index (χ0n) is 10.4. The van der Waals surface area contributed by atoms with Crippen LogP contribution in [0.4, 0.5) is 4.39 Å². The van der Waals surface area contributed by atoms with Crippen LogP contribution in [0.15, 0.2) is 58.7 Å². The Hall–Kier alpha value is -2.40. The van der Waals surface area contributed by atoms with E-state index in [9.17, 15) is 4.39 Å². The van der Waals surface area contributed by atoms with Gasteiger partial charge in [-0.05, 0) is 24.3 Å². The van der Waals surface area contributed by atoms with E-state index in [-0.39, 0.29) is 17.2 Å². The predicted octanol–water partition coefficient (Wildman–Crippen LogP) is 2.50. The molecule has 6 heteroatoms. The molecular weight excluding hydrogens is 279 g/mol. The third kappa shape index (κ3) is 3.13. The standard InChI is InChI=1S/C14H12ClFN4/c15-11-7-3-1-5-9(11)13(17)19-20-14(18)10-6-2-4-8-12(10)16/h1-8H,(H2,17,19)(H2,18,20). The minimum atomic E-state index is -0.472. The molecule has 0 saturated carbocycles. The summed E-state index contributed by atoms with van der Waals surface area (Å²) in [5, 5.41) is 7.96. The molecule has 102 valence electrons. The van der Waals surface area contributed by atoms with Crippen molar-refractivity contribution in [2.24, 2.45) is 21.7 Å². The fraction of sp³-hybridized carbons (Fsp3) is 0. The summed E-state index contributed by atoms with van der Waals surface area (Å²) >= 11 is 5.98. The Bertz CT molecular complexity index is 623. The van der Waals surface area contributed by atoms with Crippen LogP contribution in [0.2, 0.25) is 5.02 Å². The molecule has 0 radical (unpaired) electrons. The first-order valence-electron chi connectivity index (χ1n) is 5.76. The van der Waals surface area contributed by atoms with Gasteiger partial charge in [0.15, 0.2) is 11.7 Å². The van der Waals surface area contributed by atoms with Crippen molar-refractivity contribution in [1.29, 1.82) is 0 Å². The first-order valence-corrected chi connectivity index (χ1v) is 6.14. The van der Waals surface area contributed by atoms with Crippen molar-refractivity contribution in [3.63, 3.8) is 0 Å². The molecule has 2 aromatic carbocycles. The average Bonchev–Trinajstić information content (AvgIpc) is 2.45. The van der Waals surface area contributed by atoms with Gasteiger partial charge in [-0.25, -0.2) is 4.39 Å². The van der Waals surface area contributed by atoms with Crippen LogP contribution in [0, 0.1) is 5.82 Å². The van der Waals surface area contributed by atoms with Crippen molar-refractivity contribution in [2.75, 3.05) is 0 Å². The molecule has 0 aliphatic rings. The van der Waals surface area contributed by atoms with Gasteiger partial charge in [0.25, 0.3) is 0 Å². The number of halogens is 2. The molecule has 0 aromatic heterocycles. The summed E-state index contributed by atoms with van der Waals surface area (Å²) in [7, 11) is 0. The van der Waals surface area contributed by atoms with Gasteiger partial charge in [-0.2, -0.15) is 0 Å². The third-order valence-corrected chi connectivity index (χ3v) is 2.89. The Morgan fingerprint density at radius 1 is 0.850 bits per heavy atom. The molecule has 0 spiro atoms. The maximum absolute atomic E-state index is 13.5. The number of hydrogen-bond donors (Lipinski definition) is 2. The van der Waals surface area contributed by atoms with Crippen LogP contribution < -0.4 is 11.5 Å². The fourth-order valence-corrected chi connectivity index (χ4v) is 1.79. The first kappa shape index (κ1) is 14.0. The smallest absolute Gasteiger partial charge is 0.156 e. The fourth-order valence-electron chi connectivity index (χ4n) is 1.55.